The van der Waals surface area contributed by atoms with Gasteiger partial charge in [-0.25, -0.2) is 9.78 Å². The molecule has 2 aromatic heterocycles. The molecular formula is C23H22N6O4S. The number of ether oxygens (including phenoxy) is 1. The molecule has 4 N–H and O–H groups in total. The normalized spacial score (nSPS) is 14.1. The number of carbonyl (C=O) groups excluding carboxylic acids is 2. The van der Waals surface area contributed by atoms with Crippen molar-refractivity contribution >= 4 is 39.2 Å². The number of hydrogen-bond acceptors (Lipinski definition) is 9. The molecule has 2 amide bonds. The third kappa shape index (κ3) is 5.05. The van der Waals surface area contributed by atoms with Gasteiger partial charge in [-0.15, -0.1) is 21.5 Å². The summed E-state index contributed by atoms with van der Waals surface area (Å²) < 4.78 is 11.3. The van der Waals surface area contributed by atoms with Gasteiger partial charge in [0.1, 0.15) is 11.4 Å². The third-order valence-electron chi connectivity index (χ3n) is 5.38. The molecule has 1 aliphatic rings. The Bertz CT molecular complexity index is 1360. The van der Waals surface area contributed by atoms with Crippen LogP contribution in [0.1, 0.15) is 29.6 Å². The maximum Gasteiger partial charge on any atom is 0.411 e. The van der Waals surface area contributed by atoms with Crippen LogP contribution in [0.2, 0.25) is 0 Å². The highest BCUT2D eigenvalue weighted by atomic mass is 32.1. The number of nitrogens with zero attached hydrogens (tertiary/aromatic N) is 3. The molecule has 2 aromatic carbocycles. The predicted molar refractivity (Wildman–Crippen MR) is 126 cm³/mol. The minimum Gasteiger partial charge on any atom is -0.453 e. The SMILES string of the molecule is COC(=O)Nc1ccc(-c2ccc3nc(Cc4nnc(CC(=O)NC5(N)CC5)o4)sc3c2)cc1. The number of nitrogens with one attached hydrogen (secondary N) is 2. The van der Waals surface area contributed by atoms with Crippen molar-refractivity contribution in [2.24, 2.45) is 5.73 Å². The van der Waals surface area contributed by atoms with Crippen LogP contribution in [-0.4, -0.2) is 40.0 Å². The van der Waals surface area contributed by atoms with Crippen LogP contribution in [0.3, 0.4) is 0 Å². The molecule has 0 bridgehead atoms. The molecule has 5 rings (SSSR count). The molecule has 1 fully saturated rings. The summed E-state index contributed by atoms with van der Waals surface area (Å²) in [6.45, 7) is 0. The molecule has 0 saturated heterocycles. The first-order valence-corrected chi connectivity index (χ1v) is 11.5. The predicted octanol–water partition coefficient (Wildman–Crippen LogP) is 3.22. The quantitative estimate of drug-likeness (QED) is 0.343. The number of aromatic nitrogens is 3. The lowest BCUT2D eigenvalue weighted by Gasteiger charge is -2.09. The van der Waals surface area contributed by atoms with Gasteiger partial charge >= 0.3 is 6.09 Å². The topological polar surface area (TPSA) is 145 Å². The van der Waals surface area contributed by atoms with Crippen molar-refractivity contribution in [3.8, 4) is 11.1 Å². The van der Waals surface area contributed by atoms with Gasteiger partial charge in [0.05, 0.1) is 29.4 Å². The summed E-state index contributed by atoms with van der Waals surface area (Å²) in [6.07, 6.45) is 1.45. The van der Waals surface area contributed by atoms with Crippen molar-refractivity contribution in [2.45, 2.75) is 31.3 Å². The zero-order valence-corrected chi connectivity index (χ0v) is 19.1. The number of hydrogen-bond donors (Lipinski definition) is 3. The molecule has 0 unspecified atom stereocenters. The van der Waals surface area contributed by atoms with Crippen LogP contribution in [-0.2, 0) is 22.4 Å². The Labute approximate surface area is 198 Å². The first kappa shape index (κ1) is 22.0. The van der Waals surface area contributed by atoms with E-state index in [9.17, 15) is 9.59 Å². The average molecular weight is 479 g/mol. The smallest absolute Gasteiger partial charge is 0.411 e. The number of nitrogens with two attached hydrogens (primary N) is 1. The van der Waals surface area contributed by atoms with Crippen LogP contribution in [0, 0.1) is 0 Å². The van der Waals surface area contributed by atoms with Gasteiger partial charge in [-0.1, -0.05) is 18.2 Å². The second kappa shape index (κ2) is 8.84. The summed E-state index contributed by atoms with van der Waals surface area (Å²) in [7, 11) is 1.32. The van der Waals surface area contributed by atoms with Gasteiger partial charge in [0.2, 0.25) is 17.7 Å². The second-order valence-electron chi connectivity index (χ2n) is 8.13. The third-order valence-corrected chi connectivity index (χ3v) is 6.40. The van der Waals surface area contributed by atoms with E-state index in [0.29, 0.717) is 18.0 Å². The maximum absolute atomic E-state index is 12.0. The van der Waals surface area contributed by atoms with Crippen molar-refractivity contribution < 1.29 is 18.7 Å². The van der Waals surface area contributed by atoms with Crippen LogP contribution in [0.4, 0.5) is 10.5 Å². The second-order valence-corrected chi connectivity index (χ2v) is 9.25. The lowest BCUT2D eigenvalue weighted by Crippen LogP contribution is -2.44. The van der Waals surface area contributed by atoms with E-state index in [4.69, 9.17) is 10.2 Å². The highest BCUT2D eigenvalue weighted by Crippen LogP contribution is 2.30. The van der Waals surface area contributed by atoms with Gasteiger partial charge in [-0.3, -0.25) is 10.1 Å². The number of methoxy groups -OCH3 is 1. The van der Waals surface area contributed by atoms with Gasteiger partial charge in [-0.2, -0.15) is 0 Å². The van der Waals surface area contributed by atoms with Gasteiger partial charge in [-0.05, 0) is 48.2 Å². The fourth-order valence-corrected chi connectivity index (χ4v) is 4.42. The Balaban J connectivity index is 1.25. The van der Waals surface area contributed by atoms with Crippen LogP contribution in [0.25, 0.3) is 21.3 Å². The molecule has 0 atom stereocenters. The Hall–Kier alpha value is -3.83. The largest absolute Gasteiger partial charge is 0.453 e. The van der Waals surface area contributed by atoms with Crippen molar-refractivity contribution in [2.75, 3.05) is 12.4 Å². The van der Waals surface area contributed by atoms with E-state index in [1.807, 2.05) is 36.4 Å². The zero-order chi connectivity index (χ0) is 23.7. The standard InChI is InChI=1S/C23H22N6O4S/c1-32-22(31)25-15-5-2-13(3-6-15)14-4-7-16-17(10-14)34-21(26-16)12-20-29-28-19(33-20)11-18(30)27-23(24)8-9-23/h2-7,10H,8-9,11-12,24H2,1H3,(H,25,31)(H,27,30). The fraction of sp³-hybridized carbons (Fsp3) is 0.261. The van der Waals surface area contributed by atoms with Crippen LogP contribution >= 0.6 is 11.3 Å². The number of rotatable bonds is 7. The summed E-state index contributed by atoms with van der Waals surface area (Å²) in [6, 6.07) is 13.5. The van der Waals surface area contributed by atoms with Crippen LogP contribution in [0.5, 0.6) is 0 Å². The zero-order valence-electron chi connectivity index (χ0n) is 18.3. The molecule has 10 nitrogen and oxygen atoms in total. The molecule has 1 aliphatic carbocycles. The fourth-order valence-electron chi connectivity index (χ4n) is 3.42. The van der Waals surface area contributed by atoms with E-state index >= 15 is 0 Å². The van der Waals surface area contributed by atoms with Crippen molar-refractivity contribution in [1.82, 2.24) is 20.5 Å². The highest BCUT2D eigenvalue weighted by Gasteiger charge is 2.39. The number of fused-ring (bicyclic) bond motifs is 1. The van der Waals surface area contributed by atoms with Crippen LogP contribution < -0.4 is 16.4 Å². The Morgan fingerprint density at radius 3 is 2.59 bits per heavy atom. The lowest BCUT2D eigenvalue weighted by molar-refractivity contribution is -0.121. The average Bonchev–Trinajstić information content (AvgIpc) is 3.19. The monoisotopic (exact) mass is 478 g/mol. The van der Waals surface area contributed by atoms with E-state index in [1.165, 1.54) is 7.11 Å². The number of anilines is 1. The minimum absolute atomic E-state index is 0.00307. The van der Waals surface area contributed by atoms with E-state index in [1.54, 1.807) is 11.3 Å². The van der Waals surface area contributed by atoms with Gasteiger partial charge < -0.3 is 20.2 Å². The summed E-state index contributed by atoms with van der Waals surface area (Å²) in [5.74, 6) is 0.437. The molecule has 0 radical (unpaired) electrons. The molecule has 0 spiro atoms. The van der Waals surface area contributed by atoms with Crippen LogP contribution in [0.15, 0.2) is 46.9 Å². The lowest BCUT2D eigenvalue weighted by atomic mass is 10.1. The Kier molecular flexibility index (Phi) is 5.72. The van der Waals surface area contributed by atoms with E-state index < -0.39 is 11.8 Å². The van der Waals surface area contributed by atoms with Gasteiger partial charge in [0.15, 0.2) is 0 Å². The maximum atomic E-state index is 12.0. The summed E-state index contributed by atoms with van der Waals surface area (Å²) >= 11 is 1.55. The highest BCUT2D eigenvalue weighted by molar-refractivity contribution is 7.18. The van der Waals surface area contributed by atoms with Crippen molar-refractivity contribution in [3.63, 3.8) is 0 Å². The van der Waals surface area contributed by atoms with E-state index in [0.717, 1.165) is 39.2 Å². The first-order valence-electron chi connectivity index (χ1n) is 10.7. The van der Waals surface area contributed by atoms with E-state index in [-0.39, 0.29) is 18.2 Å². The van der Waals surface area contributed by atoms with Crippen molar-refractivity contribution in [1.29, 1.82) is 0 Å². The number of amides is 2. The summed E-state index contributed by atoms with van der Waals surface area (Å²) in [5, 5.41) is 14.2. The number of benzene rings is 2. The Morgan fingerprint density at radius 2 is 1.85 bits per heavy atom. The number of carbonyl (C=O) groups is 2. The first-order chi connectivity index (χ1) is 16.4. The van der Waals surface area contributed by atoms with E-state index in [2.05, 4.69) is 36.6 Å². The molecule has 11 heteroatoms. The van der Waals surface area contributed by atoms with Crippen molar-refractivity contribution in [3.05, 3.63) is 59.3 Å². The molecule has 34 heavy (non-hydrogen) atoms. The summed E-state index contributed by atoms with van der Waals surface area (Å²) in [4.78, 5) is 28.0. The van der Waals surface area contributed by atoms with Gasteiger partial charge in [0.25, 0.3) is 0 Å². The Morgan fingerprint density at radius 1 is 1.12 bits per heavy atom. The van der Waals surface area contributed by atoms with Gasteiger partial charge in [0, 0.05) is 5.69 Å². The molecule has 0 aliphatic heterocycles. The summed E-state index contributed by atoms with van der Waals surface area (Å²) in [5.41, 5.74) is 8.91. The molecule has 174 valence electrons. The molecule has 2 heterocycles. The molecule has 4 aromatic rings. The minimum atomic E-state index is -0.568. The number of thiazole rings is 1. The molecule has 1 saturated carbocycles. The molecular weight excluding hydrogens is 456 g/mol.